The lowest BCUT2D eigenvalue weighted by atomic mass is 9.54. The summed E-state index contributed by atoms with van der Waals surface area (Å²) >= 11 is 0. The summed E-state index contributed by atoms with van der Waals surface area (Å²) in [6, 6.07) is 63.5. The van der Waals surface area contributed by atoms with Crippen LogP contribution in [0.5, 0.6) is 0 Å². The lowest BCUT2D eigenvalue weighted by Gasteiger charge is -2.47. The SMILES string of the molecule is CC1=Cc2cccc(-c3cccc4ccccc34)c2C1C(c1ccccc1)(c1ccccc1)C1c2ccccc2-c2ccccc21. The Morgan fingerprint density at radius 1 is 0.413 bits per heavy atom. The minimum atomic E-state index is -0.433. The Morgan fingerprint density at radius 2 is 0.913 bits per heavy atom. The zero-order chi connectivity index (χ0) is 30.7. The lowest BCUT2D eigenvalue weighted by molar-refractivity contribution is 0.406. The van der Waals surface area contributed by atoms with Gasteiger partial charge in [-0.2, -0.15) is 0 Å². The van der Waals surface area contributed by atoms with Crippen LogP contribution in [-0.2, 0) is 5.41 Å². The summed E-state index contributed by atoms with van der Waals surface area (Å²) in [5.41, 5.74) is 14.5. The second kappa shape index (κ2) is 10.6. The minimum Gasteiger partial charge on any atom is -0.0639 e. The molecule has 0 N–H and O–H groups in total. The molecule has 0 aromatic heterocycles. The van der Waals surface area contributed by atoms with Crippen molar-refractivity contribution < 1.29 is 0 Å². The maximum Gasteiger partial charge on any atom is 0.0418 e. The van der Waals surface area contributed by atoms with Crippen molar-refractivity contribution in [3.63, 3.8) is 0 Å². The van der Waals surface area contributed by atoms with Gasteiger partial charge < -0.3 is 0 Å². The highest BCUT2D eigenvalue weighted by Gasteiger charge is 2.55. The first-order valence-electron chi connectivity index (χ1n) is 16.4. The van der Waals surface area contributed by atoms with Gasteiger partial charge in [0.05, 0.1) is 0 Å². The number of benzene rings is 7. The van der Waals surface area contributed by atoms with Gasteiger partial charge in [0.15, 0.2) is 0 Å². The van der Waals surface area contributed by atoms with Crippen LogP contribution in [-0.4, -0.2) is 0 Å². The fourth-order valence-corrected chi connectivity index (χ4v) is 8.94. The van der Waals surface area contributed by atoms with E-state index in [1.54, 1.807) is 0 Å². The highest BCUT2D eigenvalue weighted by Crippen LogP contribution is 2.65. The van der Waals surface area contributed by atoms with Gasteiger partial charge in [-0.15, -0.1) is 0 Å². The van der Waals surface area contributed by atoms with Crippen molar-refractivity contribution in [3.05, 3.63) is 209 Å². The van der Waals surface area contributed by atoms with E-state index < -0.39 is 5.41 Å². The molecule has 2 aliphatic rings. The molecule has 1 atom stereocenters. The molecule has 1 unspecified atom stereocenters. The monoisotopic (exact) mass is 586 g/mol. The smallest absolute Gasteiger partial charge is 0.0418 e. The number of allylic oxidation sites excluding steroid dienone is 1. The molecule has 0 fully saturated rings. The first-order chi connectivity index (χ1) is 22.8. The van der Waals surface area contributed by atoms with E-state index in [0.717, 1.165) is 0 Å². The maximum atomic E-state index is 2.46. The second-order valence-corrected chi connectivity index (χ2v) is 12.9. The Labute approximate surface area is 271 Å². The molecule has 0 heteroatoms. The molecular formula is C46H34. The minimum absolute atomic E-state index is 0.0895. The van der Waals surface area contributed by atoms with Crippen molar-refractivity contribution in [3.8, 4) is 22.3 Å². The molecule has 2 aliphatic carbocycles. The van der Waals surface area contributed by atoms with Crippen molar-refractivity contribution in [2.45, 2.75) is 24.2 Å². The molecule has 0 radical (unpaired) electrons. The summed E-state index contributed by atoms with van der Waals surface area (Å²) in [7, 11) is 0. The molecule has 7 aromatic rings. The highest BCUT2D eigenvalue weighted by atomic mass is 14.6. The normalized spacial score (nSPS) is 15.3. The summed E-state index contributed by atoms with van der Waals surface area (Å²) in [6.07, 6.45) is 2.46. The average molecular weight is 587 g/mol. The van der Waals surface area contributed by atoms with Crippen LogP contribution in [0.15, 0.2) is 175 Å². The van der Waals surface area contributed by atoms with Crippen LogP contribution >= 0.6 is 0 Å². The third kappa shape index (κ3) is 3.80. The highest BCUT2D eigenvalue weighted by molar-refractivity contribution is 5.99. The predicted octanol–water partition coefficient (Wildman–Crippen LogP) is 11.8. The van der Waals surface area contributed by atoms with E-state index >= 15 is 0 Å². The molecular weight excluding hydrogens is 553 g/mol. The molecule has 46 heavy (non-hydrogen) atoms. The van der Waals surface area contributed by atoms with Crippen LogP contribution in [0.1, 0.15) is 52.1 Å². The summed E-state index contributed by atoms with van der Waals surface area (Å²) in [5, 5.41) is 2.57. The third-order valence-electron chi connectivity index (χ3n) is 10.6. The van der Waals surface area contributed by atoms with Crippen molar-refractivity contribution in [1.82, 2.24) is 0 Å². The Morgan fingerprint density at radius 3 is 1.59 bits per heavy atom. The second-order valence-electron chi connectivity index (χ2n) is 12.9. The van der Waals surface area contributed by atoms with E-state index in [1.807, 2.05) is 0 Å². The molecule has 218 valence electrons. The molecule has 0 spiro atoms. The lowest BCUT2D eigenvalue weighted by Crippen LogP contribution is -2.41. The largest absolute Gasteiger partial charge is 0.0639 e. The molecule has 0 heterocycles. The van der Waals surface area contributed by atoms with Gasteiger partial charge in [-0.1, -0.05) is 182 Å². The fraction of sp³-hybridized carbons (Fsp3) is 0.0870. The molecule has 0 bridgehead atoms. The number of rotatable bonds is 5. The van der Waals surface area contributed by atoms with Crippen LogP contribution in [0.25, 0.3) is 39.1 Å². The van der Waals surface area contributed by atoms with Crippen molar-refractivity contribution in [1.29, 1.82) is 0 Å². The first kappa shape index (κ1) is 26.9. The van der Waals surface area contributed by atoms with Gasteiger partial charge in [-0.25, -0.2) is 0 Å². The zero-order valence-corrected chi connectivity index (χ0v) is 25.9. The van der Waals surface area contributed by atoms with E-state index in [2.05, 4.69) is 183 Å². The van der Waals surface area contributed by atoms with Gasteiger partial charge in [0.25, 0.3) is 0 Å². The molecule has 9 rings (SSSR count). The van der Waals surface area contributed by atoms with Gasteiger partial charge in [0.1, 0.15) is 0 Å². The number of fused-ring (bicyclic) bond motifs is 5. The van der Waals surface area contributed by atoms with Crippen LogP contribution in [0, 0.1) is 0 Å². The molecule has 0 saturated heterocycles. The van der Waals surface area contributed by atoms with Gasteiger partial charge >= 0.3 is 0 Å². The Hall–Kier alpha value is -5.46. The molecule has 7 aromatic carbocycles. The van der Waals surface area contributed by atoms with Crippen molar-refractivity contribution in [2.75, 3.05) is 0 Å². The van der Waals surface area contributed by atoms with E-state index in [0.29, 0.717) is 0 Å². The van der Waals surface area contributed by atoms with Gasteiger partial charge in [0, 0.05) is 17.3 Å². The molecule has 0 nitrogen and oxygen atoms in total. The fourth-order valence-electron chi connectivity index (χ4n) is 8.94. The molecule has 0 aliphatic heterocycles. The van der Waals surface area contributed by atoms with E-state index in [4.69, 9.17) is 0 Å². The predicted molar refractivity (Wildman–Crippen MR) is 193 cm³/mol. The van der Waals surface area contributed by atoms with Gasteiger partial charge in [0.2, 0.25) is 0 Å². The average Bonchev–Trinajstić information content (AvgIpc) is 3.65. The van der Waals surface area contributed by atoms with Gasteiger partial charge in [-0.05, 0) is 73.3 Å². The Kier molecular flexibility index (Phi) is 6.18. The van der Waals surface area contributed by atoms with Crippen molar-refractivity contribution >= 4 is 16.8 Å². The summed E-state index contributed by atoms with van der Waals surface area (Å²) < 4.78 is 0. The quantitative estimate of drug-likeness (QED) is 0.188. The third-order valence-corrected chi connectivity index (χ3v) is 10.6. The summed E-state index contributed by atoms with van der Waals surface area (Å²) in [4.78, 5) is 0. The van der Waals surface area contributed by atoms with Crippen LogP contribution < -0.4 is 0 Å². The Bertz CT molecular complexity index is 2180. The summed E-state index contributed by atoms with van der Waals surface area (Å²) in [5.74, 6) is 0.191. The number of hydrogen-bond donors (Lipinski definition) is 0. The first-order valence-corrected chi connectivity index (χ1v) is 16.4. The Balaban J connectivity index is 1.43. The van der Waals surface area contributed by atoms with E-state index in [9.17, 15) is 0 Å². The van der Waals surface area contributed by atoms with Crippen LogP contribution in [0.2, 0.25) is 0 Å². The topological polar surface area (TPSA) is 0 Å². The van der Waals surface area contributed by atoms with Crippen LogP contribution in [0.3, 0.4) is 0 Å². The zero-order valence-electron chi connectivity index (χ0n) is 25.9. The van der Waals surface area contributed by atoms with Crippen molar-refractivity contribution in [2.24, 2.45) is 0 Å². The van der Waals surface area contributed by atoms with Crippen LogP contribution in [0.4, 0.5) is 0 Å². The maximum absolute atomic E-state index is 2.46. The van der Waals surface area contributed by atoms with Gasteiger partial charge in [-0.3, -0.25) is 0 Å². The van der Waals surface area contributed by atoms with E-state index in [-0.39, 0.29) is 11.8 Å². The van der Waals surface area contributed by atoms with E-state index in [1.165, 1.54) is 72.0 Å². The summed E-state index contributed by atoms with van der Waals surface area (Å²) in [6.45, 7) is 2.37. The molecule has 0 amide bonds. The standard InChI is InChI=1S/C46H34/c1-31-30-33-18-15-29-40(37-28-14-17-32-16-8-9-23-36(32)37)43(33)44(31)46(34-19-4-2-5-20-34,35-21-6-3-7-22-35)45-41-26-12-10-24-38(41)39-25-11-13-27-42(39)45/h2-30,44-45H,1H3. The number of hydrogen-bond acceptors (Lipinski definition) is 0. The molecule has 0 saturated carbocycles.